The number of hydrogen-bond donors (Lipinski definition) is 2. The Bertz CT molecular complexity index is 249. The summed E-state index contributed by atoms with van der Waals surface area (Å²) in [7, 11) is 0. The van der Waals surface area contributed by atoms with Crippen molar-refractivity contribution in [3.63, 3.8) is 0 Å². The fourth-order valence-electron chi connectivity index (χ4n) is 2.07. The van der Waals surface area contributed by atoms with Gasteiger partial charge in [0.05, 0.1) is 0 Å². The molecule has 1 aliphatic rings. The fraction of sp³-hybridized carbons (Fsp3) is 0.923. The van der Waals surface area contributed by atoms with Crippen LogP contribution in [0.4, 0.5) is 0 Å². The molecule has 0 aromatic rings. The number of amides is 1. The first-order valence-electron chi connectivity index (χ1n) is 7.02. The molecule has 1 fully saturated rings. The van der Waals surface area contributed by atoms with E-state index in [1.807, 2.05) is 13.8 Å². The third kappa shape index (κ3) is 4.92. The van der Waals surface area contributed by atoms with Crippen LogP contribution in [-0.2, 0) is 4.79 Å². The number of likely N-dealkylation sites (N-methyl/N-ethyl adjacent to an activating group) is 1. The molecule has 0 aliphatic carbocycles. The van der Waals surface area contributed by atoms with Crippen molar-refractivity contribution in [1.82, 2.24) is 15.1 Å². The van der Waals surface area contributed by atoms with E-state index in [1.54, 1.807) is 0 Å². The minimum atomic E-state index is -0.109. The van der Waals surface area contributed by atoms with Crippen LogP contribution in [0.3, 0.4) is 0 Å². The van der Waals surface area contributed by atoms with Gasteiger partial charge in [-0.2, -0.15) is 0 Å². The fourth-order valence-corrected chi connectivity index (χ4v) is 2.07. The number of hydrogen-bond acceptors (Lipinski definition) is 4. The highest BCUT2D eigenvalue weighted by atomic mass is 16.1. The second kappa shape index (κ2) is 7.71. The van der Waals surface area contributed by atoms with Gasteiger partial charge in [0.25, 0.3) is 0 Å². The third-order valence-corrected chi connectivity index (χ3v) is 3.84. The van der Waals surface area contributed by atoms with E-state index in [-0.39, 0.29) is 17.9 Å². The first-order chi connectivity index (χ1) is 8.54. The average Bonchev–Trinajstić information content (AvgIpc) is 2.38. The number of carbonyl (C=O) groups is 1. The summed E-state index contributed by atoms with van der Waals surface area (Å²) in [6, 6.07) is -0.0851. The van der Waals surface area contributed by atoms with E-state index >= 15 is 0 Å². The summed E-state index contributed by atoms with van der Waals surface area (Å²) in [5.74, 6) is -0.0425. The number of nitrogens with zero attached hydrogens (tertiary/aromatic N) is 2. The molecule has 18 heavy (non-hydrogen) atoms. The smallest absolute Gasteiger partial charge is 0.224 e. The summed E-state index contributed by atoms with van der Waals surface area (Å²) in [5.41, 5.74) is 5.71. The van der Waals surface area contributed by atoms with Crippen molar-refractivity contribution in [2.75, 3.05) is 45.8 Å². The van der Waals surface area contributed by atoms with E-state index in [0.29, 0.717) is 0 Å². The molecule has 2 unspecified atom stereocenters. The molecule has 0 radical (unpaired) electrons. The molecular formula is C13H28N4O. The lowest BCUT2D eigenvalue weighted by atomic mass is 10.0. The highest BCUT2D eigenvalue weighted by molar-refractivity contribution is 5.78. The molecule has 106 valence electrons. The van der Waals surface area contributed by atoms with Crippen LogP contribution in [0.25, 0.3) is 0 Å². The van der Waals surface area contributed by atoms with Crippen molar-refractivity contribution in [2.45, 2.75) is 26.8 Å². The number of carbonyl (C=O) groups excluding carboxylic acids is 1. The Morgan fingerprint density at radius 2 is 1.78 bits per heavy atom. The van der Waals surface area contributed by atoms with Crippen LogP contribution in [0, 0.1) is 5.92 Å². The second-order valence-electron chi connectivity index (χ2n) is 5.21. The maximum atomic E-state index is 11.7. The van der Waals surface area contributed by atoms with Crippen molar-refractivity contribution < 1.29 is 4.79 Å². The zero-order valence-electron chi connectivity index (χ0n) is 12.0. The molecule has 0 saturated carbocycles. The van der Waals surface area contributed by atoms with E-state index in [4.69, 9.17) is 5.73 Å². The molecule has 0 spiro atoms. The van der Waals surface area contributed by atoms with Gasteiger partial charge in [-0.25, -0.2) is 0 Å². The van der Waals surface area contributed by atoms with Gasteiger partial charge in [0.1, 0.15) is 0 Å². The summed E-state index contributed by atoms with van der Waals surface area (Å²) in [5, 5.41) is 2.96. The Hall–Kier alpha value is -0.650. The van der Waals surface area contributed by atoms with Gasteiger partial charge < -0.3 is 16.0 Å². The standard InChI is InChI=1S/C13H28N4O/c1-4-16-7-9-17(10-8-16)6-5-15-13(18)11(2)12(3)14/h11-12H,4-10,14H2,1-3H3,(H,15,18). The summed E-state index contributed by atoms with van der Waals surface area (Å²) in [6.07, 6.45) is 0. The van der Waals surface area contributed by atoms with Gasteiger partial charge >= 0.3 is 0 Å². The second-order valence-corrected chi connectivity index (χ2v) is 5.21. The van der Waals surface area contributed by atoms with Crippen molar-refractivity contribution in [1.29, 1.82) is 0 Å². The highest BCUT2D eigenvalue weighted by Gasteiger charge is 2.18. The van der Waals surface area contributed by atoms with Gasteiger partial charge in [-0.1, -0.05) is 13.8 Å². The van der Waals surface area contributed by atoms with E-state index in [1.165, 1.54) is 0 Å². The largest absolute Gasteiger partial charge is 0.355 e. The van der Waals surface area contributed by atoms with Gasteiger partial charge in [0, 0.05) is 51.2 Å². The molecule has 1 saturated heterocycles. The first-order valence-corrected chi connectivity index (χ1v) is 7.02. The predicted molar refractivity (Wildman–Crippen MR) is 74.4 cm³/mol. The zero-order valence-corrected chi connectivity index (χ0v) is 12.0. The van der Waals surface area contributed by atoms with Crippen LogP contribution in [-0.4, -0.2) is 67.6 Å². The molecule has 1 rings (SSSR count). The minimum Gasteiger partial charge on any atom is -0.355 e. The molecular weight excluding hydrogens is 228 g/mol. The molecule has 2 atom stereocenters. The van der Waals surface area contributed by atoms with Crippen LogP contribution < -0.4 is 11.1 Å². The van der Waals surface area contributed by atoms with E-state index < -0.39 is 0 Å². The first kappa shape index (κ1) is 15.4. The monoisotopic (exact) mass is 256 g/mol. The molecule has 0 bridgehead atoms. The number of rotatable bonds is 6. The Morgan fingerprint density at radius 3 is 2.28 bits per heavy atom. The predicted octanol–water partition coefficient (Wildman–Crippen LogP) is -0.277. The molecule has 1 heterocycles. The van der Waals surface area contributed by atoms with E-state index in [0.717, 1.165) is 45.8 Å². The molecule has 1 aliphatic heterocycles. The lowest BCUT2D eigenvalue weighted by molar-refractivity contribution is -0.125. The zero-order chi connectivity index (χ0) is 13.5. The summed E-state index contributed by atoms with van der Waals surface area (Å²) < 4.78 is 0. The highest BCUT2D eigenvalue weighted by Crippen LogP contribution is 2.01. The summed E-state index contributed by atoms with van der Waals surface area (Å²) >= 11 is 0. The van der Waals surface area contributed by atoms with Gasteiger partial charge in [0.2, 0.25) is 5.91 Å². The molecule has 5 nitrogen and oxygen atoms in total. The van der Waals surface area contributed by atoms with E-state index in [9.17, 15) is 4.79 Å². The van der Waals surface area contributed by atoms with Gasteiger partial charge in [0.15, 0.2) is 0 Å². The average molecular weight is 256 g/mol. The SMILES string of the molecule is CCN1CCN(CCNC(=O)C(C)C(C)N)CC1. The number of nitrogens with one attached hydrogen (secondary N) is 1. The normalized spacial score (nSPS) is 21.6. The van der Waals surface area contributed by atoms with Crippen LogP contribution in [0.1, 0.15) is 20.8 Å². The molecule has 0 aromatic carbocycles. The van der Waals surface area contributed by atoms with Gasteiger partial charge in [-0.05, 0) is 13.5 Å². The Labute approximate surface area is 111 Å². The lowest BCUT2D eigenvalue weighted by Gasteiger charge is -2.34. The van der Waals surface area contributed by atoms with Crippen LogP contribution in [0.15, 0.2) is 0 Å². The van der Waals surface area contributed by atoms with E-state index in [2.05, 4.69) is 22.0 Å². The topological polar surface area (TPSA) is 61.6 Å². The van der Waals surface area contributed by atoms with Crippen molar-refractivity contribution in [2.24, 2.45) is 11.7 Å². The Kier molecular flexibility index (Phi) is 6.60. The minimum absolute atomic E-state index is 0.0668. The van der Waals surface area contributed by atoms with Gasteiger partial charge in [-0.15, -0.1) is 0 Å². The van der Waals surface area contributed by atoms with Crippen LogP contribution >= 0.6 is 0 Å². The molecule has 1 amide bonds. The Morgan fingerprint density at radius 1 is 1.22 bits per heavy atom. The number of piperazine rings is 1. The number of nitrogens with two attached hydrogens (primary N) is 1. The third-order valence-electron chi connectivity index (χ3n) is 3.84. The molecule has 3 N–H and O–H groups in total. The summed E-state index contributed by atoms with van der Waals surface area (Å²) in [6.45, 7) is 13.2. The Balaban J connectivity index is 2.13. The van der Waals surface area contributed by atoms with Crippen molar-refractivity contribution >= 4 is 5.91 Å². The van der Waals surface area contributed by atoms with Gasteiger partial charge in [-0.3, -0.25) is 9.69 Å². The maximum Gasteiger partial charge on any atom is 0.224 e. The lowest BCUT2D eigenvalue weighted by Crippen LogP contribution is -2.49. The molecule has 5 heteroatoms. The summed E-state index contributed by atoms with van der Waals surface area (Å²) in [4.78, 5) is 16.6. The quantitative estimate of drug-likeness (QED) is 0.686. The van der Waals surface area contributed by atoms with Crippen molar-refractivity contribution in [3.05, 3.63) is 0 Å². The van der Waals surface area contributed by atoms with Crippen LogP contribution in [0.5, 0.6) is 0 Å². The maximum absolute atomic E-state index is 11.7. The molecule has 0 aromatic heterocycles. The van der Waals surface area contributed by atoms with Crippen molar-refractivity contribution in [3.8, 4) is 0 Å². The van der Waals surface area contributed by atoms with Crippen LogP contribution in [0.2, 0.25) is 0 Å².